The van der Waals surface area contributed by atoms with E-state index in [1.165, 1.54) is 57.9 Å². The van der Waals surface area contributed by atoms with Crippen molar-refractivity contribution < 1.29 is 0 Å². The second-order valence-electron chi connectivity index (χ2n) is 11.2. The van der Waals surface area contributed by atoms with E-state index in [4.69, 9.17) is 0 Å². The highest BCUT2D eigenvalue weighted by Gasteiger charge is 2.63. The summed E-state index contributed by atoms with van der Waals surface area (Å²) in [5.41, 5.74) is 3.04. The van der Waals surface area contributed by atoms with Gasteiger partial charge in [0.25, 0.3) is 0 Å². The van der Waals surface area contributed by atoms with Gasteiger partial charge in [0.2, 0.25) is 0 Å². The van der Waals surface area contributed by atoms with Crippen molar-refractivity contribution in [1.29, 1.82) is 0 Å². The van der Waals surface area contributed by atoms with Gasteiger partial charge in [0.1, 0.15) is 0 Å². The molecule has 146 valence electrons. The Morgan fingerprint density at radius 1 is 1.04 bits per heavy atom. The zero-order valence-electron chi connectivity index (χ0n) is 17.8. The molecule has 0 aromatic rings. The molecule has 0 unspecified atom stereocenters. The number of rotatable bonds is 1. The minimum absolute atomic E-state index is 0.519. The van der Waals surface area contributed by atoms with Crippen LogP contribution in [0.4, 0.5) is 0 Å². The third-order valence-electron chi connectivity index (χ3n) is 10.4. The molecule has 0 aromatic carbocycles. The van der Waals surface area contributed by atoms with Gasteiger partial charge in [-0.25, -0.2) is 0 Å². The Bertz CT molecular complexity index is 609. The Morgan fingerprint density at radius 3 is 2.58 bits per heavy atom. The van der Waals surface area contributed by atoms with Gasteiger partial charge in [-0.1, -0.05) is 18.6 Å². The zero-order valence-corrected chi connectivity index (χ0v) is 17.8. The van der Waals surface area contributed by atoms with Crippen molar-refractivity contribution in [3.63, 3.8) is 0 Å². The zero-order chi connectivity index (χ0) is 18.3. The molecule has 1 saturated heterocycles. The lowest BCUT2D eigenvalue weighted by Crippen LogP contribution is -2.52. The molecule has 0 radical (unpaired) electrons. The van der Waals surface area contributed by atoms with Gasteiger partial charge >= 0.3 is 0 Å². The molecule has 2 nitrogen and oxygen atoms in total. The van der Waals surface area contributed by atoms with Gasteiger partial charge in [-0.3, -0.25) is 0 Å². The number of nitrogens with zero attached hydrogens (tertiary/aromatic N) is 2. The van der Waals surface area contributed by atoms with Crippen LogP contribution in [0.5, 0.6) is 0 Å². The summed E-state index contributed by atoms with van der Waals surface area (Å²) in [5.74, 6) is 3.96. The SMILES string of the molecule is C[C@H]1[C@H]2CC[C@@H]3[C@H]4CC=C5C[C@H](N(C)C)CC[C@@]5(C)[C@H]4CC[C@@]32CN1C. The van der Waals surface area contributed by atoms with Crippen molar-refractivity contribution in [2.45, 2.75) is 77.3 Å². The minimum atomic E-state index is 0.519. The molecular formula is C24H40N2. The molecule has 4 fully saturated rings. The monoisotopic (exact) mass is 356 g/mol. The van der Waals surface area contributed by atoms with Gasteiger partial charge in [0, 0.05) is 18.6 Å². The van der Waals surface area contributed by atoms with Gasteiger partial charge in [-0.15, -0.1) is 0 Å². The van der Waals surface area contributed by atoms with E-state index in [0.29, 0.717) is 10.8 Å². The van der Waals surface area contributed by atoms with E-state index in [1.807, 2.05) is 5.57 Å². The van der Waals surface area contributed by atoms with Gasteiger partial charge in [0.05, 0.1) is 0 Å². The summed E-state index contributed by atoms with van der Waals surface area (Å²) in [6, 6.07) is 1.60. The Balaban J connectivity index is 1.45. The second kappa shape index (κ2) is 5.83. The Hall–Kier alpha value is -0.340. The highest BCUT2D eigenvalue weighted by molar-refractivity contribution is 5.26. The van der Waals surface area contributed by atoms with Crippen LogP contribution in [0.25, 0.3) is 0 Å². The molecule has 26 heavy (non-hydrogen) atoms. The Morgan fingerprint density at radius 2 is 1.81 bits per heavy atom. The summed E-state index contributed by atoms with van der Waals surface area (Å²) in [7, 11) is 6.95. The molecule has 5 aliphatic rings. The maximum atomic E-state index is 2.74. The summed E-state index contributed by atoms with van der Waals surface area (Å²) in [5, 5.41) is 0. The Labute approximate surface area is 161 Å². The first-order valence-electron chi connectivity index (χ1n) is 11.4. The van der Waals surface area contributed by atoms with Crippen LogP contribution in [0.15, 0.2) is 11.6 Å². The molecule has 2 heteroatoms. The normalized spacial score (nSPS) is 53.7. The summed E-state index contributed by atoms with van der Waals surface area (Å²) >= 11 is 0. The standard InChI is InChI=1S/C24H40N2/c1-16-20-8-9-22-19-7-6-17-14-18(25(3)4)10-12-23(17,2)21(19)11-13-24(20,22)15-26(16)5/h6,16,18-22H,7-15H2,1-5H3/t16-,18+,19-,20+,21-,22+,23+,24-/m0/s1. The number of likely N-dealkylation sites (tertiary alicyclic amines) is 1. The number of allylic oxidation sites excluding steroid dienone is 1. The first kappa shape index (κ1) is 17.7. The smallest absolute Gasteiger partial charge is 0.0127 e. The lowest BCUT2D eigenvalue weighted by molar-refractivity contribution is -0.0430. The predicted molar refractivity (Wildman–Crippen MR) is 109 cm³/mol. The molecule has 0 aromatic heterocycles. The first-order chi connectivity index (χ1) is 12.4. The molecule has 8 atom stereocenters. The minimum Gasteiger partial charge on any atom is -0.306 e. The van der Waals surface area contributed by atoms with Crippen molar-refractivity contribution in [3.05, 3.63) is 11.6 Å². The van der Waals surface area contributed by atoms with Crippen molar-refractivity contribution >= 4 is 0 Å². The van der Waals surface area contributed by atoms with Crippen LogP contribution < -0.4 is 0 Å². The number of hydrogen-bond acceptors (Lipinski definition) is 2. The topological polar surface area (TPSA) is 6.48 Å². The lowest BCUT2D eigenvalue weighted by Gasteiger charge is -2.58. The highest BCUT2D eigenvalue weighted by Crippen LogP contribution is 2.68. The van der Waals surface area contributed by atoms with Crippen LogP contribution in [0.3, 0.4) is 0 Å². The fourth-order valence-corrected chi connectivity index (χ4v) is 8.88. The number of fused-ring (bicyclic) bond motifs is 4. The van der Waals surface area contributed by atoms with E-state index in [-0.39, 0.29) is 0 Å². The van der Waals surface area contributed by atoms with Crippen molar-refractivity contribution in [3.8, 4) is 0 Å². The predicted octanol–water partition coefficient (Wildman–Crippen LogP) is 4.81. The first-order valence-corrected chi connectivity index (χ1v) is 11.4. The van der Waals surface area contributed by atoms with Crippen molar-refractivity contribution in [2.75, 3.05) is 27.7 Å². The molecule has 1 heterocycles. The Kier molecular flexibility index (Phi) is 3.98. The van der Waals surface area contributed by atoms with Crippen LogP contribution >= 0.6 is 0 Å². The molecule has 5 rings (SSSR count). The van der Waals surface area contributed by atoms with E-state index in [9.17, 15) is 0 Å². The summed E-state index contributed by atoms with van der Waals surface area (Å²) in [4.78, 5) is 5.17. The van der Waals surface area contributed by atoms with Gasteiger partial charge in [-0.05, 0) is 114 Å². The van der Waals surface area contributed by atoms with E-state index < -0.39 is 0 Å². The maximum Gasteiger partial charge on any atom is 0.0127 e. The molecule has 4 aliphatic carbocycles. The van der Waals surface area contributed by atoms with Gasteiger partial charge in [0.15, 0.2) is 0 Å². The van der Waals surface area contributed by atoms with E-state index >= 15 is 0 Å². The van der Waals surface area contributed by atoms with Crippen LogP contribution in [0.2, 0.25) is 0 Å². The molecule has 1 aliphatic heterocycles. The van der Waals surface area contributed by atoms with E-state index in [0.717, 1.165) is 35.8 Å². The van der Waals surface area contributed by atoms with E-state index in [1.54, 1.807) is 0 Å². The van der Waals surface area contributed by atoms with Crippen molar-refractivity contribution in [2.24, 2.45) is 34.5 Å². The van der Waals surface area contributed by atoms with Gasteiger partial charge in [-0.2, -0.15) is 0 Å². The highest BCUT2D eigenvalue weighted by atomic mass is 15.2. The fourth-order valence-electron chi connectivity index (χ4n) is 8.88. The second-order valence-corrected chi connectivity index (χ2v) is 11.2. The largest absolute Gasteiger partial charge is 0.306 e. The van der Waals surface area contributed by atoms with E-state index in [2.05, 4.69) is 50.9 Å². The van der Waals surface area contributed by atoms with Crippen LogP contribution in [0, 0.1) is 34.5 Å². The molecule has 0 amide bonds. The average Bonchev–Trinajstić information content (AvgIpc) is 3.08. The van der Waals surface area contributed by atoms with Gasteiger partial charge < -0.3 is 9.80 Å². The van der Waals surface area contributed by atoms with Crippen LogP contribution in [-0.4, -0.2) is 49.6 Å². The molecule has 0 N–H and O–H groups in total. The summed E-state index contributed by atoms with van der Waals surface area (Å²) in [6.07, 6.45) is 14.4. The van der Waals surface area contributed by atoms with Crippen molar-refractivity contribution in [1.82, 2.24) is 9.80 Å². The number of hydrogen-bond donors (Lipinski definition) is 0. The summed E-state index contributed by atoms with van der Waals surface area (Å²) in [6.45, 7) is 6.56. The lowest BCUT2D eigenvalue weighted by atomic mass is 9.47. The van der Waals surface area contributed by atoms with Crippen LogP contribution in [-0.2, 0) is 0 Å². The maximum absolute atomic E-state index is 2.74. The molecule has 1 spiro atoms. The molecule has 0 bridgehead atoms. The third kappa shape index (κ3) is 2.18. The van der Waals surface area contributed by atoms with Crippen LogP contribution in [0.1, 0.15) is 65.2 Å². The average molecular weight is 357 g/mol. The molecular weight excluding hydrogens is 316 g/mol. The summed E-state index contributed by atoms with van der Waals surface area (Å²) < 4.78 is 0. The third-order valence-corrected chi connectivity index (χ3v) is 10.4. The molecule has 3 saturated carbocycles. The quantitative estimate of drug-likeness (QED) is 0.622. The fraction of sp³-hybridized carbons (Fsp3) is 0.917.